The molecule has 1 aromatic heterocycles. The summed E-state index contributed by atoms with van der Waals surface area (Å²) < 4.78 is 33.6. The average Bonchev–Trinajstić information content (AvgIpc) is 2.91. The Hall–Kier alpha value is -3.89. The lowest BCUT2D eigenvalue weighted by Gasteiger charge is -2.31. The van der Waals surface area contributed by atoms with Crippen LogP contribution in [0.5, 0.6) is 5.75 Å². The Morgan fingerprint density at radius 3 is 2.47 bits per heavy atom. The van der Waals surface area contributed by atoms with Gasteiger partial charge >= 0.3 is 0 Å². The number of methoxy groups -OCH3 is 1. The van der Waals surface area contributed by atoms with Crippen molar-refractivity contribution in [2.75, 3.05) is 22.5 Å². The summed E-state index contributed by atoms with van der Waals surface area (Å²) >= 11 is 1.14. The molecule has 1 aliphatic rings. The van der Waals surface area contributed by atoms with E-state index in [1.54, 1.807) is 43.5 Å². The number of nitrogens with one attached hydrogen (secondary N) is 1. The lowest BCUT2D eigenvalue weighted by molar-refractivity contribution is -0.113. The summed E-state index contributed by atoms with van der Waals surface area (Å²) in [5.41, 5.74) is 3.11. The van der Waals surface area contributed by atoms with E-state index in [-0.39, 0.29) is 23.1 Å². The van der Waals surface area contributed by atoms with Crippen LogP contribution in [0.4, 0.5) is 11.4 Å². The molecular formula is C26H22N4O4S2. The van der Waals surface area contributed by atoms with Gasteiger partial charge in [-0.3, -0.25) is 9.10 Å². The number of sulfonamides is 1. The Morgan fingerprint density at radius 1 is 1.00 bits per heavy atom. The number of anilines is 2. The number of carbonyl (C=O) groups is 1. The van der Waals surface area contributed by atoms with Crippen molar-refractivity contribution in [1.29, 1.82) is 0 Å². The Labute approximate surface area is 213 Å². The van der Waals surface area contributed by atoms with Crippen LogP contribution in [0.1, 0.15) is 5.56 Å². The van der Waals surface area contributed by atoms with Crippen molar-refractivity contribution in [2.45, 2.75) is 16.6 Å². The highest BCUT2D eigenvalue weighted by molar-refractivity contribution is 7.99. The standard InChI is InChI=1S/C26H22N4O4S2/c1-34-20-13-11-19(12-14-20)28-24(31)17-35-26-27-15-23-25(29-26)21-9-5-6-10-22(21)30(36(23,32)33)16-18-7-3-2-4-8-18/h2-15H,16-17H2,1H3,(H,28,31). The second kappa shape index (κ2) is 10.00. The van der Waals surface area contributed by atoms with E-state index in [0.717, 1.165) is 17.3 Å². The molecule has 1 N–H and O–H groups in total. The molecule has 1 aliphatic heterocycles. The van der Waals surface area contributed by atoms with Gasteiger partial charge in [-0.15, -0.1) is 0 Å². The number of rotatable bonds is 7. The molecule has 36 heavy (non-hydrogen) atoms. The molecule has 2 heterocycles. The van der Waals surface area contributed by atoms with E-state index < -0.39 is 10.0 Å². The molecule has 0 spiro atoms. The van der Waals surface area contributed by atoms with Gasteiger partial charge in [0.1, 0.15) is 10.6 Å². The van der Waals surface area contributed by atoms with Gasteiger partial charge in [0.25, 0.3) is 10.0 Å². The fourth-order valence-electron chi connectivity index (χ4n) is 3.87. The van der Waals surface area contributed by atoms with Gasteiger partial charge in [-0.25, -0.2) is 18.4 Å². The predicted octanol–water partition coefficient (Wildman–Crippen LogP) is 4.59. The van der Waals surface area contributed by atoms with Crippen LogP contribution in [-0.4, -0.2) is 37.2 Å². The van der Waals surface area contributed by atoms with E-state index in [4.69, 9.17) is 4.74 Å². The number of amides is 1. The lowest BCUT2D eigenvalue weighted by atomic mass is 10.1. The van der Waals surface area contributed by atoms with E-state index in [9.17, 15) is 13.2 Å². The summed E-state index contributed by atoms with van der Waals surface area (Å²) in [7, 11) is -2.30. The van der Waals surface area contributed by atoms with Crippen LogP contribution in [-0.2, 0) is 21.4 Å². The van der Waals surface area contributed by atoms with Crippen molar-refractivity contribution in [1.82, 2.24) is 9.97 Å². The van der Waals surface area contributed by atoms with Crippen molar-refractivity contribution in [3.63, 3.8) is 0 Å². The highest BCUT2D eigenvalue weighted by Crippen LogP contribution is 2.42. The number of hydrogen-bond donors (Lipinski definition) is 1. The molecule has 10 heteroatoms. The number of benzene rings is 3. The maximum Gasteiger partial charge on any atom is 0.268 e. The third-order valence-corrected chi connectivity index (χ3v) is 8.23. The minimum Gasteiger partial charge on any atom is -0.497 e. The number of hydrogen-bond acceptors (Lipinski definition) is 7. The van der Waals surface area contributed by atoms with Gasteiger partial charge < -0.3 is 10.1 Å². The van der Waals surface area contributed by atoms with Crippen LogP contribution in [0.25, 0.3) is 11.3 Å². The molecule has 4 aromatic rings. The molecule has 0 radical (unpaired) electrons. The topological polar surface area (TPSA) is 101 Å². The largest absolute Gasteiger partial charge is 0.497 e. The van der Waals surface area contributed by atoms with Crippen LogP contribution < -0.4 is 14.4 Å². The smallest absolute Gasteiger partial charge is 0.268 e. The first-order chi connectivity index (χ1) is 17.5. The van der Waals surface area contributed by atoms with Gasteiger partial charge in [0.05, 0.1) is 37.0 Å². The molecule has 3 aromatic carbocycles. The van der Waals surface area contributed by atoms with E-state index in [0.29, 0.717) is 33.5 Å². The molecule has 0 unspecified atom stereocenters. The molecular weight excluding hydrogens is 496 g/mol. The van der Waals surface area contributed by atoms with Gasteiger partial charge in [-0.1, -0.05) is 60.3 Å². The summed E-state index contributed by atoms with van der Waals surface area (Å²) in [5.74, 6) is 0.537. The van der Waals surface area contributed by atoms with Crippen molar-refractivity contribution < 1.29 is 17.9 Å². The van der Waals surface area contributed by atoms with Gasteiger partial charge in [-0.05, 0) is 35.9 Å². The zero-order chi connectivity index (χ0) is 25.1. The molecule has 0 atom stereocenters. The quantitative estimate of drug-likeness (QED) is 0.282. The van der Waals surface area contributed by atoms with Crippen molar-refractivity contribution in [3.05, 3.63) is 90.6 Å². The van der Waals surface area contributed by atoms with Gasteiger partial charge in [0, 0.05) is 11.3 Å². The molecule has 1 amide bonds. The first kappa shape index (κ1) is 23.8. The molecule has 8 nitrogen and oxygen atoms in total. The van der Waals surface area contributed by atoms with Crippen molar-refractivity contribution >= 4 is 39.1 Å². The first-order valence-electron chi connectivity index (χ1n) is 11.1. The first-order valence-corrected chi connectivity index (χ1v) is 13.5. The SMILES string of the molecule is COc1ccc(NC(=O)CSc2ncc3c(n2)-c2ccccc2N(Cc2ccccc2)S3(=O)=O)cc1. The Balaban J connectivity index is 1.38. The maximum atomic E-state index is 13.6. The molecule has 182 valence electrons. The Bertz CT molecular complexity index is 1510. The van der Waals surface area contributed by atoms with Crippen LogP contribution in [0.2, 0.25) is 0 Å². The molecule has 0 bridgehead atoms. The van der Waals surface area contributed by atoms with E-state index in [1.807, 2.05) is 42.5 Å². The fraction of sp³-hybridized carbons (Fsp3) is 0.115. The predicted molar refractivity (Wildman–Crippen MR) is 140 cm³/mol. The number of nitrogens with zero attached hydrogens (tertiary/aromatic N) is 3. The summed E-state index contributed by atoms with van der Waals surface area (Å²) in [4.78, 5) is 21.3. The van der Waals surface area contributed by atoms with Crippen LogP contribution >= 0.6 is 11.8 Å². The minimum atomic E-state index is -3.88. The van der Waals surface area contributed by atoms with Crippen molar-refractivity contribution in [2.24, 2.45) is 0 Å². The number of ether oxygens (including phenoxy) is 1. The highest BCUT2D eigenvalue weighted by Gasteiger charge is 2.36. The van der Waals surface area contributed by atoms with Gasteiger partial charge in [0.15, 0.2) is 5.16 Å². The summed E-state index contributed by atoms with van der Waals surface area (Å²) in [6.07, 6.45) is 1.33. The maximum absolute atomic E-state index is 13.6. The van der Waals surface area contributed by atoms with E-state index in [2.05, 4.69) is 15.3 Å². The van der Waals surface area contributed by atoms with Crippen LogP contribution in [0.3, 0.4) is 0 Å². The molecule has 0 saturated heterocycles. The van der Waals surface area contributed by atoms with Gasteiger partial charge in [0.2, 0.25) is 5.91 Å². The van der Waals surface area contributed by atoms with Gasteiger partial charge in [-0.2, -0.15) is 0 Å². The Morgan fingerprint density at radius 2 is 1.72 bits per heavy atom. The second-order valence-corrected chi connectivity index (χ2v) is 10.7. The fourth-order valence-corrected chi connectivity index (χ4v) is 6.04. The number of carbonyl (C=O) groups excluding carboxylic acids is 1. The minimum absolute atomic E-state index is 0.0455. The number of thioether (sulfide) groups is 1. The van der Waals surface area contributed by atoms with Crippen LogP contribution in [0, 0.1) is 0 Å². The zero-order valence-electron chi connectivity index (χ0n) is 19.3. The zero-order valence-corrected chi connectivity index (χ0v) is 20.9. The lowest BCUT2D eigenvalue weighted by Crippen LogP contribution is -2.34. The normalized spacial score (nSPS) is 13.4. The monoisotopic (exact) mass is 518 g/mol. The van der Waals surface area contributed by atoms with E-state index >= 15 is 0 Å². The molecule has 5 rings (SSSR count). The van der Waals surface area contributed by atoms with E-state index in [1.165, 1.54) is 10.5 Å². The molecule has 0 aliphatic carbocycles. The van der Waals surface area contributed by atoms with Crippen molar-refractivity contribution in [3.8, 4) is 17.0 Å². The second-order valence-electron chi connectivity index (χ2n) is 7.95. The van der Waals surface area contributed by atoms with Crippen LogP contribution in [0.15, 0.2) is 95.1 Å². The third-order valence-electron chi connectivity index (χ3n) is 5.60. The number of para-hydroxylation sites is 1. The average molecular weight is 519 g/mol. The molecule has 0 fully saturated rings. The number of fused-ring (bicyclic) bond motifs is 3. The Kier molecular flexibility index (Phi) is 6.62. The summed E-state index contributed by atoms with van der Waals surface area (Å²) in [6, 6.07) is 23.7. The summed E-state index contributed by atoms with van der Waals surface area (Å²) in [5, 5.41) is 3.13. The summed E-state index contributed by atoms with van der Waals surface area (Å²) in [6.45, 7) is 0.196. The third kappa shape index (κ3) is 4.77. The number of aromatic nitrogens is 2. The molecule has 0 saturated carbocycles. The highest BCUT2D eigenvalue weighted by atomic mass is 32.2.